The standard InChI is InChI=1S/C23H26N2O4.CH4N2O/c1-15-8-6-9-18(24-2)17(15)14-29-21-11-7-10-19(25-21)16-12-13-20(26-3)23(28-5)22(16)27-4;2-3-1-4/h6-13,24H,14H2,1-5H3;1H,2H2,(H,3,4). The molecule has 0 saturated carbocycles. The van der Waals surface area contributed by atoms with E-state index >= 15 is 0 Å². The van der Waals surface area contributed by atoms with E-state index in [1.807, 2.05) is 49.5 Å². The number of aryl methyl sites for hydroxylation is 1. The molecule has 0 radical (unpaired) electrons. The smallest absolute Gasteiger partial charge is 0.221 e. The Morgan fingerprint density at radius 1 is 0.970 bits per heavy atom. The highest BCUT2D eigenvalue weighted by Gasteiger charge is 2.18. The summed E-state index contributed by atoms with van der Waals surface area (Å²) in [5.41, 5.74) is 6.57. The van der Waals surface area contributed by atoms with Crippen molar-refractivity contribution in [3.8, 4) is 34.4 Å². The number of nitrogens with two attached hydrogens (primary N) is 1. The van der Waals surface area contributed by atoms with Crippen LogP contribution in [0, 0.1) is 6.92 Å². The summed E-state index contributed by atoms with van der Waals surface area (Å²) >= 11 is 0. The molecule has 0 bridgehead atoms. The molecule has 176 valence electrons. The first kappa shape index (κ1) is 25.3. The minimum Gasteiger partial charge on any atom is -0.493 e. The van der Waals surface area contributed by atoms with Gasteiger partial charge in [-0.1, -0.05) is 18.2 Å². The van der Waals surface area contributed by atoms with Crippen LogP contribution in [-0.2, 0) is 11.4 Å². The molecule has 0 aliphatic heterocycles. The van der Waals surface area contributed by atoms with Gasteiger partial charge in [0.1, 0.15) is 6.61 Å². The minimum atomic E-state index is 0.403. The van der Waals surface area contributed by atoms with E-state index in [0.717, 1.165) is 28.1 Å². The average Bonchev–Trinajstić information content (AvgIpc) is 2.86. The Bertz CT molecular complexity index is 1060. The lowest BCUT2D eigenvalue weighted by atomic mass is 10.1. The van der Waals surface area contributed by atoms with Crippen LogP contribution in [0.3, 0.4) is 0 Å². The largest absolute Gasteiger partial charge is 0.493 e. The highest BCUT2D eigenvalue weighted by Crippen LogP contribution is 2.43. The lowest BCUT2D eigenvalue weighted by Crippen LogP contribution is -2.18. The fourth-order valence-electron chi connectivity index (χ4n) is 3.22. The number of pyridine rings is 1. The number of nitrogens with one attached hydrogen (secondary N) is 2. The Labute approximate surface area is 193 Å². The van der Waals surface area contributed by atoms with Gasteiger partial charge in [-0.3, -0.25) is 10.2 Å². The number of aromatic nitrogens is 1. The first-order chi connectivity index (χ1) is 16.0. The van der Waals surface area contributed by atoms with Gasteiger partial charge < -0.3 is 24.3 Å². The van der Waals surface area contributed by atoms with Crippen molar-refractivity contribution in [1.82, 2.24) is 10.4 Å². The summed E-state index contributed by atoms with van der Waals surface area (Å²) in [7, 11) is 6.67. The number of rotatable bonds is 9. The third-order valence-corrected chi connectivity index (χ3v) is 4.82. The van der Waals surface area contributed by atoms with Gasteiger partial charge in [-0.2, -0.15) is 0 Å². The number of amides is 1. The first-order valence-corrected chi connectivity index (χ1v) is 10.1. The molecule has 1 heterocycles. The summed E-state index contributed by atoms with van der Waals surface area (Å²) in [6.45, 7) is 2.49. The summed E-state index contributed by atoms with van der Waals surface area (Å²) in [6, 6.07) is 15.5. The number of methoxy groups -OCH3 is 3. The summed E-state index contributed by atoms with van der Waals surface area (Å²) in [6.07, 6.45) is 0.403. The molecule has 0 atom stereocenters. The number of hydrazine groups is 1. The Morgan fingerprint density at radius 3 is 2.27 bits per heavy atom. The lowest BCUT2D eigenvalue weighted by molar-refractivity contribution is -0.109. The van der Waals surface area contributed by atoms with Crippen LogP contribution in [0.5, 0.6) is 23.1 Å². The quantitative estimate of drug-likeness (QED) is 0.195. The fourth-order valence-corrected chi connectivity index (χ4v) is 3.22. The molecule has 0 unspecified atom stereocenters. The van der Waals surface area contributed by atoms with Gasteiger partial charge in [-0.25, -0.2) is 10.8 Å². The van der Waals surface area contributed by atoms with Crippen molar-refractivity contribution in [2.24, 2.45) is 5.84 Å². The maximum absolute atomic E-state index is 8.94. The molecule has 2 aromatic carbocycles. The number of carbonyl (C=O) groups excluding carboxylic acids is 1. The Hall–Kier alpha value is -3.98. The zero-order valence-electron chi connectivity index (χ0n) is 19.5. The molecular formula is C24H30N4O5. The predicted molar refractivity (Wildman–Crippen MR) is 128 cm³/mol. The van der Waals surface area contributed by atoms with Gasteiger partial charge in [0.15, 0.2) is 11.5 Å². The van der Waals surface area contributed by atoms with Gasteiger partial charge in [-0.15, -0.1) is 0 Å². The third kappa shape index (κ3) is 6.27. The predicted octanol–water partition coefficient (Wildman–Crippen LogP) is 3.31. The second-order valence-electron chi connectivity index (χ2n) is 6.67. The van der Waals surface area contributed by atoms with E-state index in [2.05, 4.69) is 29.1 Å². The van der Waals surface area contributed by atoms with Crippen LogP contribution < -0.4 is 35.5 Å². The van der Waals surface area contributed by atoms with Crippen LogP contribution >= 0.6 is 0 Å². The van der Waals surface area contributed by atoms with Crippen molar-refractivity contribution in [3.05, 3.63) is 59.7 Å². The number of nitrogens with zero attached hydrogens (tertiary/aromatic N) is 1. The maximum Gasteiger partial charge on any atom is 0.221 e. The molecule has 33 heavy (non-hydrogen) atoms. The van der Waals surface area contributed by atoms with Gasteiger partial charge >= 0.3 is 0 Å². The summed E-state index contributed by atoms with van der Waals surface area (Å²) in [5, 5.41) is 3.21. The number of benzene rings is 2. The van der Waals surface area contributed by atoms with Crippen molar-refractivity contribution in [2.45, 2.75) is 13.5 Å². The molecule has 4 N–H and O–H groups in total. The number of carbonyl (C=O) groups is 1. The first-order valence-electron chi connectivity index (χ1n) is 10.1. The Balaban J connectivity index is 0.000000890. The van der Waals surface area contributed by atoms with Gasteiger partial charge in [0.05, 0.1) is 27.0 Å². The molecule has 1 amide bonds. The maximum atomic E-state index is 8.94. The van der Waals surface area contributed by atoms with Crippen LogP contribution in [0.15, 0.2) is 48.5 Å². The van der Waals surface area contributed by atoms with Gasteiger partial charge in [-0.05, 0) is 36.8 Å². The molecule has 0 aliphatic carbocycles. The molecule has 1 aromatic heterocycles. The highest BCUT2D eigenvalue weighted by molar-refractivity contribution is 5.74. The van der Waals surface area contributed by atoms with Crippen LogP contribution in [0.1, 0.15) is 11.1 Å². The SMILES string of the molecule is CNc1cccc(C)c1COc1cccc(-c2ccc(OC)c(OC)c2OC)n1.NNC=O. The van der Waals surface area contributed by atoms with Gasteiger partial charge in [0, 0.05) is 29.9 Å². The average molecular weight is 455 g/mol. The lowest BCUT2D eigenvalue weighted by Gasteiger charge is -2.16. The summed E-state index contributed by atoms with van der Waals surface area (Å²) in [5.74, 6) is 6.63. The van der Waals surface area contributed by atoms with Crippen LogP contribution in [0.2, 0.25) is 0 Å². The van der Waals surface area contributed by atoms with Crippen molar-refractivity contribution >= 4 is 12.1 Å². The van der Waals surface area contributed by atoms with Crippen molar-refractivity contribution in [1.29, 1.82) is 0 Å². The van der Waals surface area contributed by atoms with Crippen molar-refractivity contribution in [2.75, 3.05) is 33.7 Å². The van der Waals surface area contributed by atoms with Crippen LogP contribution in [0.25, 0.3) is 11.3 Å². The molecule has 9 nitrogen and oxygen atoms in total. The molecule has 0 aliphatic rings. The normalized spacial score (nSPS) is 9.76. The number of hydrogen-bond acceptors (Lipinski definition) is 8. The zero-order chi connectivity index (χ0) is 24.2. The highest BCUT2D eigenvalue weighted by atomic mass is 16.5. The summed E-state index contributed by atoms with van der Waals surface area (Å²) < 4.78 is 22.4. The Kier molecular flexibility index (Phi) is 9.79. The van der Waals surface area contributed by atoms with Gasteiger partial charge in [0.2, 0.25) is 18.0 Å². The molecule has 0 saturated heterocycles. The van der Waals surface area contributed by atoms with Crippen molar-refractivity contribution < 1.29 is 23.7 Å². The number of anilines is 1. The van der Waals surface area contributed by atoms with Gasteiger partial charge in [0.25, 0.3) is 0 Å². The van der Waals surface area contributed by atoms with Crippen molar-refractivity contribution in [3.63, 3.8) is 0 Å². The number of hydrogen-bond donors (Lipinski definition) is 3. The molecular weight excluding hydrogens is 424 g/mol. The van der Waals surface area contributed by atoms with Crippen LogP contribution in [-0.4, -0.2) is 39.8 Å². The molecule has 9 heteroatoms. The van der Waals surface area contributed by atoms with E-state index in [1.54, 1.807) is 26.8 Å². The van der Waals surface area contributed by atoms with E-state index in [4.69, 9.17) is 23.7 Å². The number of ether oxygens (including phenoxy) is 4. The van der Waals surface area contributed by atoms with E-state index in [0.29, 0.717) is 36.1 Å². The minimum absolute atomic E-state index is 0.403. The molecule has 3 aromatic rings. The Morgan fingerprint density at radius 2 is 1.67 bits per heavy atom. The fraction of sp³-hybridized carbons (Fsp3) is 0.250. The molecule has 3 rings (SSSR count). The zero-order valence-corrected chi connectivity index (χ0v) is 19.5. The third-order valence-electron chi connectivity index (χ3n) is 4.82. The molecule has 0 spiro atoms. The van der Waals surface area contributed by atoms with Crippen LogP contribution in [0.4, 0.5) is 5.69 Å². The second kappa shape index (κ2) is 12.8. The summed E-state index contributed by atoms with van der Waals surface area (Å²) in [4.78, 5) is 13.6. The second-order valence-corrected chi connectivity index (χ2v) is 6.67. The topological polar surface area (TPSA) is 117 Å². The van der Waals surface area contributed by atoms with E-state index in [9.17, 15) is 0 Å². The molecule has 0 fully saturated rings. The monoisotopic (exact) mass is 454 g/mol. The van der Waals surface area contributed by atoms with E-state index < -0.39 is 0 Å². The van der Waals surface area contributed by atoms with E-state index in [1.165, 1.54) is 0 Å². The van der Waals surface area contributed by atoms with E-state index in [-0.39, 0.29) is 0 Å².